The number of ketones is 1. The summed E-state index contributed by atoms with van der Waals surface area (Å²) in [4.78, 5) is 11.7. The molecule has 0 radical (unpaired) electrons. The van der Waals surface area contributed by atoms with E-state index in [1.54, 1.807) is 0 Å². The fourth-order valence-electron chi connectivity index (χ4n) is 3.11. The molecule has 2 rings (SSSR count). The van der Waals surface area contributed by atoms with Crippen LogP contribution in [0.5, 0.6) is 0 Å². The van der Waals surface area contributed by atoms with Gasteiger partial charge in [0, 0.05) is 6.42 Å². The Kier molecular flexibility index (Phi) is 4.61. The van der Waals surface area contributed by atoms with E-state index < -0.39 is 0 Å². The number of epoxide rings is 1. The van der Waals surface area contributed by atoms with Crippen LogP contribution in [0.3, 0.4) is 0 Å². The van der Waals surface area contributed by atoms with Crippen molar-refractivity contribution in [2.45, 2.75) is 89.3 Å². The van der Waals surface area contributed by atoms with Crippen molar-refractivity contribution in [3.63, 3.8) is 0 Å². The third-order valence-corrected chi connectivity index (χ3v) is 4.32. The van der Waals surface area contributed by atoms with Gasteiger partial charge in [0.25, 0.3) is 0 Å². The highest BCUT2D eigenvalue weighted by atomic mass is 16.6. The summed E-state index contributed by atoms with van der Waals surface area (Å²) in [5.41, 5.74) is -0.276. The third kappa shape index (κ3) is 3.09. The van der Waals surface area contributed by atoms with Crippen molar-refractivity contribution in [3.8, 4) is 0 Å². The Balaban J connectivity index is 1.46. The van der Waals surface area contributed by atoms with E-state index in [0.717, 1.165) is 19.3 Å². The number of Topliss-reactive ketones (excluding diaryl/α,β-unsaturated/α-hetero) is 1. The summed E-state index contributed by atoms with van der Waals surface area (Å²) < 4.78 is 5.56. The highest BCUT2D eigenvalue weighted by Gasteiger charge is 2.64. The standard InChI is InChI=1S/C15H26O2/c1-2-3-4-5-6-7-8-9-12-15-13(16)10-11-14(15)17-15/h14H,2-12H2,1H3. The molecule has 2 atom stereocenters. The highest BCUT2D eigenvalue weighted by molar-refractivity contribution is 5.93. The van der Waals surface area contributed by atoms with Gasteiger partial charge in [-0.2, -0.15) is 0 Å². The predicted octanol–water partition coefficient (Wildman–Crippen LogP) is 4.02. The van der Waals surface area contributed by atoms with Crippen LogP contribution >= 0.6 is 0 Å². The maximum Gasteiger partial charge on any atom is 0.167 e. The van der Waals surface area contributed by atoms with E-state index >= 15 is 0 Å². The zero-order valence-electron chi connectivity index (χ0n) is 11.2. The molecule has 1 heterocycles. The second kappa shape index (κ2) is 5.99. The lowest BCUT2D eigenvalue weighted by molar-refractivity contribution is -0.124. The zero-order valence-corrected chi connectivity index (χ0v) is 11.2. The van der Waals surface area contributed by atoms with Crippen molar-refractivity contribution < 1.29 is 9.53 Å². The number of hydrogen-bond donors (Lipinski definition) is 0. The lowest BCUT2D eigenvalue weighted by atomic mass is 9.97. The first-order chi connectivity index (χ1) is 8.29. The fraction of sp³-hybridized carbons (Fsp3) is 0.933. The molecule has 2 unspecified atom stereocenters. The molecule has 17 heavy (non-hydrogen) atoms. The molecule has 0 N–H and O–H groups in total. The molecular weight excluding hydrogens is 212 g/mol. The molecule has 1 saturated heterocycles. The van der Waals surface area contributed by atoms with E-state index in [1.807, 2.05) is 0 Å². The molecule has 98 valence electrons. The maximum absolute atomic E-state index is 11.7. The summed E-state index contributed by atoms with van der Waals surface area (Å²) in [5.74, 6) is 0.380. The molecule has 1 aliphatic heterocycles. The number of fused-ring (bicyclic) bond motifs is 1. The molecule has 1 aliphatic carbocycles. The first-order valence-electron chi connectivity index (χ1n) is 7.51. The Morgan fingerprint density at radius 2 is 1.76 bits per heavy atom. The van der Waals surface area contributed by atoms with Crippen LogP contribution in [0.25, 0.3) is 0 Å². The Bertz CT molecular complexity index is 262. The number of carbonyl (C=O) groups excluding carboxylic acids is 1. The number of hydrogen-bond acceptors (Lipinski definition) is 2. The Labute approximate surface area is 105 Å². The van der Waals surface area contributed by atoms with Gasteiger partial charge in [-0.15, -0.1) is 0 Å². The van der Waals surface area contributed by atoms with Crippen LogP contribution < -0.4 is 0 Å². The van der Waals surface area contributed by atoms with E-state index in [9.17, 15) is 4.79 Å². The zero-order chi connectivity index (χ0) is 12.1. The van der Waals surface area contributed by atoms with E-state index in [0.29, 0.717) is 11.9 Å². The third-order valence-electron chi connectivity index (χ3n) is 4.32. The predicted molar refractivity (Wildman–Crippen MR) is 69.1 cm³/mol. The van der Waals surface area contributed by atoms with E-state index in [-0.39, 0.29) is 5.60 Å². The minimum Gasteiger partial charge on any atom is -0.358 e. The second-order valence-corrected chi connectivity index (χ2v) is 5.68. The summed E-state index contributed by atoms with van der Waals surface area (Å²) in [6, 6.07) is 0. The minimum absolute atomic E-state index is 0.276. The summed E-state index contributed by atoms with van der Waals surface area (Å²) in [6.07, 6.45) is 13.7. The van der Waals surface area contributed by atoms with Gasteiger partial charge in [0.2, 0.25) is 0 Å². The van der Waals surface area contributed by atoms with Crippen molar-refractivity contribution in [3.05, 3.63) is 0 Å². The van der Waals surface area contributed by atoms with Gasteiger partial charge >= 0.3 is 0 Å². The molecule has 0 bridgehead atoms. The highest BCUT2D eigenvalue weighted by Crippen LogP contribution is 2.50. The Morgan fingerprint density at radius 3 is 2.29 bits per heavy atom. The van der Waals surface area contributed by atoms with Gasteiger partial charge in [-0.25, -0.2) is 0 Å². The monoisotopic (exact) mass is 238 g/mol. The molecule has 2 fully saturated rings. The average molecular weight is 238 g/mol. The van der Waals surface area contributed by atoms with Crippen LogP contribution in [0.15, 0.2) is 0 Å². The number of rotatable bonds is 9. The van der Waals surface area contributed by atoms with Gasteiger partial charge in [-0.05, 0) is 12.8 Å². The molecule has 0 spiro atoms. The summed E-state index contributed by atoms with van der Waals surface area (Å²) >= 11 is 0. The first-order valence-corrected chi connectivity index (χ1v) is 7.51. The number of carbonyl (C=O) groups is 1. The molecule has 0 amide bonds. The van der Waals surface area contributed by atoms with Gasteiger partial charge in [0.15, 0.2) is 11.4 Å². The lowest BCUT2D eigenvalue weighted by Gasteiger charge is -2.07. The number of ether oxygens (including phenoxy) is 1. The molecule has 0 aromatic rings. The number of unbranched alkanes of at least 4 members (excludes halogenated alkanes) is 7. The van der Waals surface area contributed by atoms with Crippen LogP contribution in [-0.2, 0) is 9.53 Å². The van der Waals surface area contributed by atoms with E-state index in [2.05, 4.69) is 6.92 Å². The lowest BCUT2D eigenvalue weighted by Crippen LogP contribution is -2.21. The second-order valence-electron chi connectivity index (χ2n) is 5.68. The summed E-state index contributed by atoms with van der Waals surface area (Å²) in [7, 11) is 0. The van der Waals surface area contributed by atoms with Crippen LogP contribution in [0.1, 0.15) is 77.6 Å². The quantitative estimate of drug-likeness (QED) is 0.448. The maximum atomic E-state index is 11.7. The molecule has 2 aliphatic rings. The summed E-state index contributed by atoms with van der Waals surface area (Å²) in [6.45, 7) is 2.25. The van der Waals surface area contributed by atoms with Crippen LogP contribution in [-0.4, -0.2) is 17.5 Å². The molecule has 1 saturated carbocycles. The summed E-state index contributed by atoms with van der Waals surface area (Å²) in [5, 5.41) is 0. The first kappa shape index (κ1) is 13.1. The van der Waals surface area contributed by atoms with Gasteiger partial charge in [-0.3, -0.25) is 4.79 Å². The van der Waals surface area contributed by atoms with Crippen LogP contribution in [0, 0.1) is 0 Å². The average Bonchev–Trinajstić information content (AvgIpc) is 2.97. The Morgan fingerprint density at radius 1 is 1.12 bits per heavy atom. The molecule has 2 nitrogen and oxygen atoms in total. The van der Waals surface area contributed by atoms with Crippen molar-refractivity contribution in [2.75, 3.05) is 0 Å². The molecular formula is C15H26O2. The molecule has 0 aromatic carbocycles. The molecule has 0 aromatic heterocycles. The minimum atomic E-state index is -0.276. The normalized spacial score (nSPS) is 30.6. The van der Waals surface area contributed by atoms with Crippen molar-refractivity contribution in [1.82, 2.24) is 0 Å². The van der Waals surface area contributed by atoms with Gasteiger partial charge in [-0.1, -0.05) is 58.3 Å². The van der Waals surface area contributed by atoms with Crippen molar-refractivity contribution in [2.24, 2.45) is 0 Å². The van der Waals surface area contributed by atoms with Crippen LogP contribution in [0.4, 0.5) is 0 Å². The van der Waals surface area contributed by atoms with Gasteiger partial charge in [0.1, 0.15) is 0 Å². The topological polar surface area (TPSA) is 29.6 Å². The fourth-order valence-corrected chi connectivity index (χ4v) is 3.11. The van der Waals surface area contributed by atoms with Crippen molar-refractivity contribution in [1.29, 1.82) is 0 Å². The van der Waals surface area contributed by atoms with Gasteiger partial charge < -0.3 is 4.74 Å². The van der Waals surface area contributed by atoms with Crippen molar-refractivity contribution >= 4 is 5.78 Å². The van der Waals surface area contributed by atoms with Gasteiger partial charge in [0.05, 0.1) is 6.10 Å². The van der Waals surface area contributed by atoms with E-state index in [4.69, 9.17) is 4.74 Å². The van der Waals surface area contributed by atoms with E-state index in [1.165, 1.54) is 51.4 Å². The largest absolute Gasteiger partial charge is 0.358 e. The van der Waals surface area contributed by atoms with Crippen LogP contribution in [0.2, 0.25) is 0 Å². The molecule has 2 heteroatoms. The smallest absolute Gasteiger partial charge is 0.167 e. The SMILES string of the molecule is CCCCCCCCCCC12OC1CCC2=O. The Hall–Kier alpha value is -0.370.